The van der Waals surface area contributed by atoms with E-state index in [1.165, 1.54) is 5.56 Å². The summed E-state index contributed by atoms with van der Waals surface area (Å²) in [5.74, 6) is -0.0714. The zero-order chi connectivity index (χ0) is 15.5. The van der Waals surface area contributed by atoms with E-state index in [2.05, 4.69) is 26.1 Å². The average Bonchev–Trinajstić information content (AvgIpc) is 2.44. The van der Waals surface area contributed by atoms with Crippen molar-refractivity contribution in [3.05, 3.63) is 65.2 Å². The highest BCUT2D eigenvalue weighted by atomic mass is 16.1. The molecular formula is C18H22N2O. The van der Waals surface area contributed by atoms with E-state index in [4.69, 9.17) is 5.73 Å². The minimum Gasteiger partial charge on any atom is -0.399 e. The van der Waals surface area contributed by atoms with Gasteiger partial charge in [0.05, 0.1) is 0 Å². The summed E-state index contributed by atoms with van der Waals surface area (Å²) < 4.78 is 0. The van der Waals surface area contributed by atoms with Gasteiger partial charge in [0.25, 0.3) is 5.91 Å². The van der Waals surface area contributed by atoms with Crippen molar-refractivity contribution in [2.24, 2.45) is 0 Å². The molecule has 0 aromatic heterocycles. The lowest BCUT2D eigenvalue weighted by molar-refractivity contribution is 0.0951. The molecule has 110 valence electrons. The summed E-state index contributed by atoms with van der Waals surface area (Å²) in [5, 5.41) is 2.91. The molecule has 21 heavy (non-hydrogen) atoms. The molecule has 2 aromatic rings. The maximum Gasteiger partial charge on any atom is 0.251 e. The van der Waals surface area contributed by atoms with E-state index >= 15 is 0 Å². The third-order valence-corrected chi connectivity index (χ3v) is 3.42. The van der Waals surface area contributed by atoms with Gasteiger partial charge in [0.2, 0.25) is 0 Å². The Kier molecular flexibility index (Phi) is 4.32. The zero-order valence-electron chi connectivity index (χ0n) is 12.8. The number of hydrogen-bond acceptors (Lipinski definition) is 2. The molecule has 0 atom stereocenters. The van der Waals surface area contributed by atoms with Crippen LogP contribution in [0.1, 0.15) is 42.3 Å². The molecule has 3 nitrogen and oxygen atoms in total. The van der Waals surface area contributed by atoms with E-state index in [1.54, 1.807) is 0 Å². The van der Waals surface area contributed by atoms with Gasteiger partial charge in [0.15, 0.2) is 0 Å². The van der Waals surface area contributed by atoms with Crippen molar-refractivity contribution >= 4 is 11.6 Å². The number of rotatable bonds is 3. The van der Waals surface area contributed by atoms with Crippen LogP contribution in [0.15, 0.2) is 48.5 Å². The molecule has 1 amide bonds. The number of carbonyl (C=O) groups is 1. The second kappa shape index (κ2) is 6.00. The predicted molar refractivity (Wildman–Crippen MR) is 87.2 cm³/mol. The second-order valence-corrected chi connectivity index (χ2v) is 6.26. The average molecular weight is 282 g/mol. The Morgan fingerprint density at radius 1 is 1.10 bits per heavy atom. The molecule has 2 aromatic carbocycles. The zero-order valence-corrected chi connectivity index (χ0v) is 12.8. The van der Waals surface area contributed by atoms with Crippen molar-refractivity contribution in [3.8, 4) is 0 Å². The Labute approximate surface area is 126 Å². The summed E-state index contributed by atoms with van der Waals surface area (Å²) in [5.41, 5.74) is 9.41. The van der Waals surface area contributed by atoms with E-state index in [9.17, 15) is 4.79 Å². The molecule has 0 bridgehead atoms. The van der Waals surface area contributed by atoms with Crippen LogP contribution in [0.4, 0.5) is 5.69 Å². The maximum absolute atomic E-state index is 12.1. The highest BCUT2D eigenvalue weighted by Crippen LogP contribution is 2.22. The van der Waals surface area contributed by atoms with E-state index in [-0.39, 0.29) is 11.3 Å². The Morgan fingerprint density at radius 3 is 2.33 bits per heavy atom. The third-order valence-electron chi connectivity index (χ3n) is 3.42. The topological polar surface area (TPSA) is 55.1 Å². The van der Waals surface area contributed by atoms with Crippen molar-refractivity contribution in [1.29, 1.82) is 0 Å². The maximum atomic E-state index is 12.1. The fourth-order valence-electron chi connectivity index (χ4n) is 2.11. The molecule has 0 aliphatic carbocycles. The summed E-state index contributed by atoms with van der Waals surface area (Å²) in [6, 6.07) is 15.3. The lowest BCUT2D eigenvalue weighted by Crippen LogP contribution is -2.23. The number of nitrogen functional groups attached to an aromatic ring is 1. The SMILES string of the molecule is CC(C)(C)c1ccc(C(=O)NCc2cccc(N)c2)cc1. The standard InChI is InChI=1S/C18H22N2O/c1-18(2,3)15-9-7-14(8-10-15)17(21)20-12-13-5-4-6-16(19)11-13/h4-11H,12,19H2,1-3H3,(H,20,21). The first-order valence-electron chi connectivity index (χ1n) is 7.09. The molecule has 0 saturated carbocycles. The number of benzene rings is 2. The fraction of sp³-hybridized carbons (Fsp3) is 0.278. The summed E-state index contributed by atoms with van der Waals surface area (Å²) in [7, 11) is 0. The van der Waals surface area contributed by atoms with E-state index in [0.29, 0.717) is 17.8 Å². The molecule has 3 heteroatoms. The van der Waals surface area contributed by atoms with Crippen LogP contribution in [-0.2, 0) is 12.0 Å². The molecule has 0 unspecified atom stereocenters. The van der Waals surface area contributed by atoms with Crippen LogP contribution in [-0.4, -0.2) is 5.91 Å². The summed E-state index contributed by atoms with van der Waals surface area (Å²) in [6.07, 6.45) is 0. The highest BCUT2D eigenvalue weighted by Gasteiger charge is 2.14. The van der Waals surface area contributed by atoms with Crippen molar-refractivity contribution in [2.75, 3.05) is 5.73 Å². The van der Waals surface area contributed by atoms with Gasteiger partial charge in [0, 0.05) is 17.8 Å². The van der Waals surface area contributed by atoms with Crippen LogP contribution in [0.3, 0.4) is 0 Å². The smallest absolute Gasteiger partial charge is 0.251 e. The van der Waals surface area contributed by atoms with E-state index in [0.717, 1.165) is 5.56 Å². The summed E-state index contributed by atoms with van der Waals surface area (Å²) in [4.78, 5) is 12.1. The van der Waals surface area contributed by atoms with Gasteiger partial charge in [-0.25, -0.2) is 0 Å². The second-order valence-electron chi connectivity index (χ2n) is 6.26. The van der Waals surface area contributed by atoms with Gasteiger partial charge in [-0.15, -0.1) is 0 Å². The molecule has 0 aliphatic rings. The van der Waals surface area contributed by atoms with Crippen LogP contribution in [0.5, 0.6) is 0 Å². The quantitative estimate of drug-likeness (QED) is 0.847. The van der Waals surface area contributed by atoms with Gasteiger partial charge in [-0.1, -0.05) is 45.0 Å². The van der Waals surface area contributed by atoms with E-state index < -0.39 is 0 Å². The Morgan fingerprint density at radius 2 is 1.76 bits per heavy atom. The predicted octanol–water partition coefficient (Wildman–Crippen LogP) is 3.50. The minimum atomic E-state index is -0.0714. The number of hydrogen-bond donors (Lipinski definition) is 2. The number of amides is 1. The Balaban J connectivity index is 2.00. The third kappa shape index (κ3) is 4.09. The van der Waals surface area contributed by atoms with Gasteiger partial charge in [-0.2, -0.15) is 0 Å². The molecule has 0 fully saturated rings. The van der Waals surface area contributed by atoms with Crippen LogP contribution in [0, 0.1) is 0 Å². The van der Waals surface area contributed by atoms with Crippen LogP contribution >= 0.6 is 0 Å². The molecule has 0 saturated heterocycles. The molecule has 2 rings (SSSR count). The van der Waals surface area contributed by atoms with Crippen LogP contribution in [0.25, 0.3) is 0 Å². The number of nitrogens with two attached hydrogens (primary N) is 1. The van der Waals surface area contributed by atoms with Gasteiger partial charge in [-0.3, -0.25) is 4.79 Å². The lowest BCUT2D eigenvalue weighted by Gasteiger charge is -2.19. The minimum absolute atomic E-state index is 0.0714. The van der Waals surface area contributed by atoms with Gasteiger partial charge in [-0.05, 0) is 40.8 Å². The van der Waals surface area contributed by atoms with Crippen molar-refractivity contribution in [1.82, 2.24) is 5.32 Å². The monoisotopic (exact) mass is 282 g/mol. The van der Waals surface area contributed by atoms with Crippen molar-refractivity contribution in [2.45, 2.75) is 32.7 Å². The van der Waals surface area contributed by atoms with Crippen LogP contribution in [0.2, 0.25) is 0 Å². The normalized spacial score (nSPS) is 11.2. The molecule has 0 aliphatic heterocycles. The molecular weight excluding hydrogens is 260 g/mol. The first kappa shape index (κ1) is 15.1. The molecule has 0 spiro atoms. The number of carbonyl (C=O) groups excluding carboxylic acids is 1. The van der Waals surface area contributed by atoms with Gasteiger partial charge >= 0.3 is 0 Å². The highest BCUT2D eigenvalue weighted by molar-refractivity contribution is 5.94. The molecule has 0 heterocycles. The Hall–Kier alpha value is -2.29. The first-order chi connectivity index (χ1) is 9.86. The summed E-state index contributed by atoms with van der Waals surface area (Å²) in [6.45, 7) is 6.94. The van der Waals surface area contributed by atoms with Crippen molar-refractivity contribution < 1.29 is 4.79 Å². The molecule has 0 radical (unpaired) electrons. The first-order valence-corrected chi connectivity index (χ1v) is 7.09. The Bertz CT molecular complexity index is 624. The van der Waals surface area contributed by atoms with E-state index in [1.807, 2.05) is 48.5 Å². The largest absolute Gasteiger partial charge is 0.399 e. The van der Waals surface area contributed by atoms with Crippen molar-refractivity contribution in [3.63, 3.8) is 0 Å². The number of anilines is 1. The number of nitrogens with one attached hydrogen (secondary N) is 1. The molecule has 3 N–H and O–H groups in total. The summed E-state index contributed by atoms with van der Waals surface area (Å²) >= 11 is 0. The fourth-order valence-corrected chi connectivity index (χ4v) is 2.11. The van der Waals surface area contributed by atoms with Gasteiger partial charge in [0.1, 0.15) is 0 Å². The van der Waals surface area contributed by atoms with Crippen LogP contribution < -0.4 is 11.1 Å². The van der Waals surface area contributed by atoms with Gasteiger partial charge < -0.3 is 11.1 Å². The lowest BCUT2D eigenvalue weighted by atomic mass is 9.87.